The summed E-state index contributed by atoms with van der Waals surface area (Å²) in [4.78, 5) is 22.9. The maximum absolute atomic E-state index is 11.9. The predicted octanol–water partition coefficient (Wildman–Crippen LogP) is 1.47. The van der Waals surface area contributed by atoms with Crippen LogP contribution in [0, 0.1) is 0 Å². The van der Waals surface area contributed by atoms with Gasteiger partial charge in [0.25, 0.3) is 5.91 Å². The van der Waals surface area contributed by atoms with Crippen LogP contribution >= 0.6 is 0 Å². The number of carboxylic acid groups (broad SMARTS) is 1. The Kier molecular flexibility index (Phi) is 5.17. The molecule has 19 heavy (non-hydrogen) atoms. The van der Waals surface area contributed by atoms with Crippen molar-refractivity contribution in [2.45, 2.75) is 32.2 Å². The molecule has 0 unspecified atom stereocenters. The molecule has 0 fully saturated rings. The van der Waals surface area contributed by atoms with E-state index in [4.69, 9.17) is 5.11 Å². The number of phenols is 2. The number of amides is 1. The van der Waals surface area contributed by atoms with Crippen LogP contribution in [0.25, 0.3) is 0 Å². The monoisotopic (exact) mass is 267 g/mol. The summed E-state index contributed by atoms with van der Waals surface area (Å²) < 4.78 is 0. The lowest BCUT2D eigenvalue weighted by Crippen LogP contribution is -2.40. The molecule has 1 amide bonds. The number of rotatable bonds is 6. The van der Waals surface area contributed by atoms with Gasteiger partial charge in [-0.2, -0.15) is 0 Å². The van der Waals surface area contributed by atoms with Crippen LogP contribution in [0.2, 0.25) is 0 Å². The summed E-state index contributed by atoms with van der Waals surface area (Å²) >= 11 is 0. The Balaban J connectivity index is 2.85. The number of benzene rings is 1. The van der Waals surface area contributed by atoms with Gasteiger partial charge >= 0.3 is 5.97 Å². The summed E-state index contributed by atoms with van der Waals surface area (Å²) in [5.41, 5.74) is -0.315. The number of aromatic hydroxyl groups is 2. The average Bonchev–Trinajstić information content (AvgIpc) is 2.33. The van der Waals surface area contributed by atoms with Crippen LogP contribution < -0.4 is 5.32 Å². The van der Waals surface area contributed by atoms with Crippen LogP contribution in [0.5, 0.6) is 11.5 Å². The summed E-state index contributed by atoms with van der Waals surface area (Å²) in [5.74, 6) is -2.73. The fraction of sp³-hybridized carbons (Fsp3) is 0.385. The molecule has 0 radical (unpaired) electrons. The maximum atomic E-state index is 11.9. The molecule has 0 aromatic heterocycles. The highest BCUT2D eigenvalue weighted by atomic mass is 16.4. The van der Waals surface area contributed by atoms with Crippen molar-refractivity contribution < 1.29 is 24.9 Å². The van der Waals surface area contributed by atoms with Crippen molar-refractivity contribution in [2.24, 2.45) is 0 Å². The Labute approximate surface area is 110 Å². The number of hydrogen-bond acceptors (Lipinski definition) is 4. The molecule has 6 nitrogen and oxygen atoms in total. The number of carbonyl (C=O) groups is 2. The van der Waals surface area contributed by atoms with Gasteiger partial charge in [-0.05, 0) is 18.6 Å². The highest BCUT2D eigenvalue weighted by molar-refractivity contribution is 6.01. The first kappa shape index (κ1) is 14.8. The second-order valence-corrected chi connectivity index (χ2v) is 4.18. The van der Waals surface area contributed by atoms with Crippen LogP contribution in [0.15, 0.2) is 18.2 Å². The Bertz CT molecular complexity index is 452. The van der Waals surface area contributed by atoms with E-state index in [1.165, 1.54) is 18.2 Å². The smallest absolute Gasteiger partial charge is 0.326 e. The Hall–Kier alpha value is -2.24. The van der Waals surface area contributed by atoms with Gasteiger partial charge in [-0.25, -0.2) is 4.79 Å². The minimum Gasteiger partial charge on any atom is -0.507 e. The minimum absolute atomic E-state index is 0.298. The van der Waals surface area contributed by atoms with Crippen molar-refractivity contribution in [3.63, 3.8) is 0 Å². The van der Waals surface area contributed by atoms with E-state index < -0.39 is 29.4 Å². The van der Waals surface area contributed by atoms with Crippen molar-refractivity contribution >= 4 is 11.9 Å². The number of unbranched alkanes of at least 4 members (excludes halogenated alkanes) is 1. The molecule has 0 aliphatic carbocycles. The predicted molar refractivity (Wildman–Crippen MR) is 68.2 cm³/mol. The largest absolute Gasteiger partial charge is 0.507 e. The molecule has 0 saturated carbocycles. The number of aliphatic carboxylic acids is 1. The van der Waals surface area contributed by atoms with E-state index in [0.717, 1.165) is 6.42 Å². The van der Waals surface area contributed by atoms with Crippen molar-refractivity contribution in [3.8, 4) is 11.5 Å². The summed E-state index contributed by atoms with van der Waals surface area (Å²) in [5, 5.41) is 30.3. The molecular formula is C13H17NO5. The Morgan fingerprint density at radius 2 is 1.84 bits per heavy atom. The van der Waals surface area contributed by atoms with Gasteiger partial charge < -0.3 is 20.6 Å². The van der Waals surface area contributed by atoms with E-state index in [2.05, 4.69) is 5.32 Å². The number of phenolic OH excluding ortho intramolecular Hbond substituents is 2. The summed E-state index contributed by atoms with van der Waals surface area (Å²) in [6.45, 7) is 1.91. The number of hydrogen-bond donors (Lipinski definition) is 4. The normalized spacial score (nSPS) is 11.8. The average molecular weight is 267 g/mol. The molecule has 0 aliphatic rings. The molecule has 6 heteroatoms. The fourth-order valence-electron chi connectivity index (χ4n) is 1.66. The van der Waals surface area contributed by atoms with Gasteiger partial charge in [0.15, 0.2) is 0 Å². The van der Waals surface area contributed by atoms with Crippen LogP contribution in [0.1, 0.15) is 36.5 Å². The highest BCUT2D eigenvalue weighted by Gasteiger charge is 2.23. The lowest BCUT2D eigenvalue weighted by molar-refractivity contribution is -0.139. The van der Waals surface area contributed by atoms with Crippen LogP contribution in [-0.2, 0) is 4.79 Å². The molecular weight excluding hydrogens is 250 g/mol. The van der Waals surface area contributed by atoms with Crippen LogP contribution in [0.4, 0.5) is 0 Å². The van der Waals surface area contributed by atoms with E-state index >= 15 is 0 Å². The minimum atomic E-state index is -1.14. The van der Waals surface area contributed by atoms with Gasteiger partial charge in [0.05, 0.1) is 0 Å². The second-order valence-electron chi connectivity index (χ2n) is 4.18. The maximum Gasteiger partial charge on any atom is 0.326 e. The molecule has 0 aliphatic heterocycles. The highest BCUT2D eigenvalue weighted by Crippen LogP contribution is 2.26. The Morgan fingerprint density at radius 3 is 2.32 bits per heavy atom. The first-order valence-electron chi connectivity index (χ1n) is 6.02. The van der Waals surface area contributed by atoms with E-state index in [0.29, 0.717) is 12.8 Å². The van der Waals surface area contributed by atoms with Gasteiger partial charge in [-0.3, -0.25) is 4.79 Å². The van der Waals surface area contributed by atoms with Crippen molar-refractivity contribution in [1.29, 1.82) is 0 Å². The fourth-order valence-corrected chi connectivity index (χ4v) is 1.66. The standard InChI is InChI=1S/C13H17NO5/c1-2-3-5-8(13(18)19)14-12(17)11-9(15)6-4-7-10(11)16/h4,6-8,15-16H,2-3,5H2,1H3,(H,14,17)(H,18,19)/t8-/m0/s1. The molecule has 1 atom stereocenters. The van der Waals surface area contributed by atoms with E-state index in [-0.39, 0.29) is 5.56 Å². The molecule has 104 valence electrons. The van der Waals surface area contributed by atoms with Gasteiger partial charge in [0.1, 0.15) is 23.1 Å². The third-order valence-corrected chi connectivity index (χ3v) is 2.70. The Morgan fingerprint density at radius 1 is 1.26 bits per heavy atom. The SMILES string of the molecule is CCCC[C@H](NC(=O)c1c(O)cccc1O)C(=O)O. The molecule has 1 aromatic rings. The second kappa shape index (κ2) is 6.63. The molecule has 1 rings (SSSR count). The molecule has 0 heterocycles. The lowest BCUT2D eigenvalue weighted by atomic mass is 10.1. The van der Waals surface area contributed by atoms with Crippen LogP contribution in [-0.4, -0.2) is 33.2 Å². The van der Waals surface area contributed by atoms with Crippen molar-refractivity contribution in [1.82, 2.24) is 5.32 Å². The molecule has 0 bridgehead atoms. The third kappa shape index (κ3) is 3.87. The first-order valence-corrected chi connectivity index (χ1v) is 6.02. The summed E-state index contributed by atoms with van der Waals surface area (Å²) in [7, 11) is 0. The summed E-state index contributed by atoms with van der Waals surface area (Å²) in [6, 6.07) is 2.84. The zero-order valence-corrected chi connectivity index (χ0v) is 10.6. The van der Waals surface area contributed by atoms with Gasteiger partial charge in [-0.1, -0.05) is 25.8 Å². The number of carbonyl (C=O) groups excluding carboxylic acids is 1. The summed E-state index contributed by atoms with van der Waals surface area (Å²) in [6.07, 6.45) is 1.76. The zero-order chi connectivity index (χ0) is 14.4. The molecule has 0 saturated heterocycles. The lowest BCUT2D eigenvalue weighted by Gasteiger charge is -2.15. The van der Waals surface area contributed by atoms with Crippen molar-refractivity contribution in [3.05, 3.63) is 23.8 Å². The molecule has 4 N–H and O–H groups in total. The van der Waals surface area contributed by atoms with E-state index in [1.54, 1.807) is 0 Å². The zero-order valence-electron chi connectivity index (χ0n) is 10.6. The first-order chi connectivity index (χ1) is 8.97. The number of carboxylic acids is 1. The van der Waals surface area contributed by atoms with Gasteiger partial charge in [0, 0.05) is 0 Å². The van der Waals surface area contributed by atoms with E-state index in [1.807, 2.05) is 6.92 Å². The van der Waals surface area contributed by atoms with E-state index in [9.17, 15) is 19.8 Å². The molecule has 0 spiro atoms. The van der Waals surface area contributed by atoms with Crippen molar-refractivity contribution in [2.75, 3.05) is 0 Å². The van der Waals surface area contributed by atoms with Gasteiger partial charge in [-0.15, -0.1) is 0 Å². The number of nitrogens with one attached hydrogen (secondary N) is 1. The quantitative estimate of drug-likeness (QED) is 0.624. The van der Waals surface area contributed by atoms with Crippen LogP contribution in [0.3, 0.4) is 0 Å². The van der Waals surface area contributed by atoms with Gasteiger partial charge in [0.2, 0.25) is 0 Å². The topological polar surface area (TPSA) is 107 Å². The third-order valence-electron chi connectivity index (χ3n) is 2.70. The molecule has 1 aromatic carbocycles.